The molecule has 0 spiro atoms. The van der Waals surface area contributed by atoms with Gasteiger partial charge in [0.05, 0.1) is 6.61 Å². The molecule has 1 saturated heterocycles. The summed E-state index contributed by atoms with van der Waals surface area (Å²) < 4.78 is 13.6. The van der Waals surface area contributed by atoms with Crippen LogP contribution in [0.1, 0.15) is 19.4 Å². The summed E-state index contributed by atoms with van der Waals surface area (Å²) in [6, 6.07) is 5.01. The molecule has 0 aliphatic carbocycles. The summed E-state index contributed by atoms with van der Waals surface area (Å²) in [6.45, 7) is 5.95. The summed E-state index contributed by atoms with van der Waals surface area (Å²) in [4.78, 5) is 2.18. The fourth-order valence-electron chi connectivity index (χ4n) is 2.37. The quantitative estimate of drug-likeness (QED) is 0.879. The molecule has 17 heavy (non-hydrogen) atoms. The van der Waals surface area contributed by atoms with Gasteiger partial charge in [0.25, 0.3) is 0 Å². The number of nitrogens with zero attached hydrogens (tertiary/aromatic N) is 1. The maximum Gasteiger partial charge on any atom is 0.130 e. The first kappa shape index (κ1) is 12.7. The Morgan fingerprint density at radius 2 is 2.00 bits per heavy atom. The van der Waals surface area contributed by atoms with Gasteiger partial charge in [0, 0.05) is 34.8 Å². The van der Waals surface area contributed by atoms with Gasteiger partial charge < -0.3 is 10.0 Å². The average Bonchev–Trinajstić information content (AvgIpc) is 2.27. The maximum atomic E-state index is 13.6. The Morgan fingerprint density at radius 3 is 2.59 bits per heavy atom. The third kappa shape index (κ3) is 2.75. The number of hydrogen-bond donors (Lipinski definition) is 1. The molecule has 0 radical (unpaired) electrons. The van der Waals surface area contributed by atoms with Crippen molar-refractivity contribution in [3.8, 4) is 0 Å². The third-order valence-electron chi connectivity index (χ3n) is 3.01. The number of hydrogen-bond acceptors (Lipinski definition) is 3. The highest BCUT2D eigenvalue weighted by Crippen LogP contribution is 2.31. The van der Waals surface area contributed by atoms with Crippen LogP contribution >= 0.6 is 11.8 Å². The number of aliphatic hydroxyl groups excluding tert-OH is 1. The standard InChI is InChI=1S/C13H18FNOS/c1-9-6-15(7-10(2)17-9)13-5-3-4-12(14)11(13)8-16/h3-5,9-10,16H,6-8H2,1-2H3. The molecule has 2 rings (SSSR count). The van der Waals surface area contributed by atoms with Gasteiger partial charge in [-0.15, -0.1) is 0 Å². The molecule has 1 aromatic rings. The van der Waals surface area contributed by atoms with Crippen LogP contribution in [0.15, 0.2) is 18.2 Å². The molecule has 1 heterocycles. The number of aliphatic hydroxyl groups is 1. The van der Waals surface area contributed by atoms with Crippen LogP contribution in [0, 0.1) is 5.82 Å². The minimum Gasteiger partial charge on any atom is -0.391 e. The van der Waals surface area contributed by atoms with Gasteiger partial charge in [0.1, 0.15) is 5.82 Å². The number of halogens is 1. The molecule has 0 bridgehead atoms. The summed E-state index contributed by atoms with van der Waals surface area (Å²) in [6.07, 6.45) is 0. The maximum absolute atomic E-state index is 13.6. The van der Waals surface area contributed by atoms with Crippen LogP contribution in [-0.4, -0.2) is 28.7 Å². The lowest BCUT2D eigenvalue weighted by atomic mass is 10.1. The molecule has 0 amide bonds. The van der Waals surface area contributed by atoms with Gasteiger partial charge in [0.15, 0.2) is 0 Å². The van der Waals surface area contributed by atoms with E-state index in [9.17, 15) is 9.50 Å². The van der Waals surface area contributed by atoms with Crippen LogP contribution in [0.3, 0.4) is 0 Å². The molecule has 2 nitrogen and oxygen atoms in total. The molecule has 2 atom stereocenters. The van der Waals surface area contributed by atoms with Crippen molar-refractivity contribution in [1.82, 2.24) is 0 Å². The number of rotatable bonds is 2. The lowest BCUT2D eigenvalue weighted by molar-refractivity contribution is 0.276. The zero-order valence-electron chi connectivity index (χ0n) is 10.2. The molecule has 1 aromatic carbocycles. The fourth-order valence-corrected chi connectivity index (χ4v) is 3.70. The second kappa shape index (κ2) is 5.27. The van der Waals surface area contributed by atoms with Crippen LogP contribution in [0.2, 0.25) is 0 Å². The average molecular weight is 255 g/mol. The van der Waals surface area contributed by atoms with E-state index < -0.39 is 0 Å². The SMILES string of the molecule is CC1CN(c2cccc(F)c2CO)CC(C)S1. The summed E-state index contributed by atoms with van der Waals surface area (Å²) >= 11 is 1.96. The van der Waals surface area contributed by atoms with Crippen molar-refractivity contribution < 1.29 is 9.50 Å². The predicted octanol–water partition coefficient (Wildman–Crippen LogP) is 2.65. The van der Waals surface area contributed by atoms with Crippen LogP contribution < -0.4 is 4.90 Å². The van der Waals surface area contributed by atoms with Gasteiger partial charge in [-0.05, 0) is 12.1 Å². The van der Waals surface area contributed by atoms with Crippen LogP contribution in [-0.2, 0) is 6.61 Å². The molecule has 1 aliphatic rings. The van der Waals surface area contributed by atoms with E-state index >= 15 is 0 Å². The van der Waals surface area contributed by atoms with Crippen LogP contribution in [0.5, 0.6) is 0 Å². The molecule has 94 valence electrons. The second-order valence-electron chi connectivity index (χ2n) is 4.56. The van der Waals surface area contributed by atoms with E-state index in [0.29, 0.717) is 16.1 Å². The van der Waals surface area contributed by atoms with E-state index in [4.69, 9.17) is 0 Å². The van der Waals surface area contributed by atoms with Crippen molar-refractivity contribution >= 4 is 17.4 Å². The van der Waals surface area contributed by atoms with Gasteiger partial charge in [-0.2, -0.15) is 11.8 Å². The highest BCUT2D eigenvalue weighted by atomic mass is 32.2. The van der Waals surface area contributed by atoms with Crippen molar-refractivity contribution in [3.63, 3.8) is 0 Å². The zero-order chi connectivity index (χ0) is 12.4. The summed E-state index contributed by atoms with van der Waals surface area (Å²) in [5.74, 6) is -0.316. The molecule has 1 aliphatic heterocycles. The zero-order valence-corrected chi connectivity index (χ0v) is 11.0. The van der Waals surface area contributed by atoms with E-state index in [0.717, 1.165) is 18.8 Å². The van der Waals surface area contributed by atoms with Gasteiger partial charge in [-0.1, -0.05) is 19.9 Å². The Labute approximate surface area is 106 Å². The first-order chi connectivity index (χ1) is 8.11. The Hall–Kier alpha value is -0.740. The van der Waals surface area contributed by atoms with E-state index in [1.54, 1.807) is 6.07 Å². The number of anilines is 1. The fraction of sp³-hybridized carbons (Fsp3) is 0.538. The molecular weight excluding hydrogens is 237 g/mol. The van der Waals surface area contributed by atoms with Crippen molar-refractivity contribution in [2.75, 3.05) is 18.0 Å². The Balaban J connectivity index is 2.30. The molecule has 0 saturated carbocycles. The highest BCUT2D eigenvalue weighted by Gasteiger charge is 2.24. The normalized spacial score (nSPS) is 25.1. The molecule has 2 unspecified atom stereocenters. The van der Waals surface area contributed by atoms with Gasteiger partial charge in [-0.25, -0.2) is 4.39 Å². The molecule has 0 aromatic heterocycles. The smallest absolute Gasteiger partial charge is 0.130 e. The first-order valence-corrected chi connectivity index (χ1v) is 6.84. The predicted molar refractivity (Wildman–Crippen MR) is 71.1 cm³/mol. The van der Waals surface area contributed by atoms with Gasteiger partial charge in [0.2, 0.25) is 0 Å². The largest absolute Gasteiger partial charge is 0.391 e. The van der Waals surface area contributed by atoms with E-state index in [2.05, 4.69) is 18.7 Å². The first-order valence-electron chi connectivity index (χ1n) is 5.90. The third-order valence-corrected chi connectivity index (χ3v) is 4.24. The van der Waals surface area contributed by atoms with E-state index in [1.165, 1.54) is 6.07 Å². The minimum absolute atomic E-state index is 0.242. The number of thioether (sulfide) groups is 1. The van der Waals surface area contributed by atoms with Crippen LogP contribution in [0.25, 0.3) is 0 Å². The Morgan fingerprint density at radius 1 is 1.35 bits per heavy atom. The van der Waals surface area contributed by atoms with Crippen LogP contribution in [0.4, 0.5) is 10.1 Å². The molecular formula is C13H18FNOS. The lowest BCUT2D eigenvalue weighted by Crippen LogP contribution is -2.41. The summed E-state index contributed by atoms with van der Waals surface area (Å²) in [7, 11) is 0. The Kier molecular flexibility index (Phi) is 3.94. The summed E-state index contributed by atoms with van der Waals surface area (Å²) in [5, 5.41) is 10.4. The van der Waals surface area contributed by atoms with Crippen molar-refractivity contribution in [2.45, 2.75) is 31.0 Å². The Bertz CT molecular complexity index is 389. The topological polar surface area (TPSA) is 23.5 Å². The highest BCUT2D eigenvalue weighted by molar-refractivity contribution is 8.00. The lowest BCUT2D eigenvalue weighted by Gasteiger charge is -2.37. The molecule has 4 heteroatoms. The summed E-state index contributed by atoms with van der Waals surface area (Å²) in [5.41, 5.74) is 1.25. The van der Waals surface area contributed by atoms with Gasteiger partial charge >= 0.3 is 0 Å². The molecule has 1 N–H and O–H groups in total. The van der Waals surface area contributed by atoms with E-state index in [-0.39, 0.29) is 12.4 Å². The minimum atomic E-state index is -0.316. The number of benzene rings is 1. The van der Waals surface area contributed by atoms with E-state index in [1.807, 2.05) is 17.8 Å². The monoisotopic (exact) mass is 255 g/mol. The van der Waals surface area contributed by atoms with Gasteiger partial charge in [-0.3, -0.25) is 0 Å². The van der Waals surface area contributed by atoms with Crippen molar-refractivity contribution in [2.24, 2.45) is 0 Å². The molecule has 1 fully saturated rings. The van der Waals surface area contributed by atoms with Crippen molar-refractivity contribution in [3.05, 3.63) is 29.6 Å². The van der Waals surface area contributed by atoms with Crippen molar-refractivity contribution in [1.29, 1.82) is 0 Å². The second-order valence-corrected chi connectivity index (χ2v) is 6.44.